The predicted octanol–water partition coefficient (Wildman–Crippen LogP) is 2.90. The van der Waals surface area contributed by atoms with Crippen molar-refractivity contribution in [2.24, 2.45) is 0 Å². The number of aromatic nitrogens is 1. The molecule has 3 heterocycles. The highest BCUT2D eigenvalue weighted by Crippen LogP contribution is 2.41. The van der Waals surface area contributed by atoms with Crippen LogP contribution in [0.25, 0.3) is 0 Å². The van der Waals surface area contributed by atoms with Gasteiger partial charge < -0.3 is 10.2 Å². The van der Waals surface area contributed by atoms with Gasteiger partial charge in [0.15, 0.2) is 0 Å². The number of rotatable bonds is 3. The van der Waals surface area contributed by atoms with Gasteiger partial charge in [-0.1, -0.05) is 0 Å². The van der Waals surface area contributed by atoms with E-state index >= 15 is 0 Å². The highest BCUT2D eigenvalue weighted by molar-refractivity contribution is 7.09. The second-order valence-corrected chi connectivity index (χ2v) is 7.32. The first-order valence-electron chi connectivity index (χ1n) is 7.53. The molecule has 2 atom stereocenters. The Morgan fingerprint density at radius 3 is 3.00 bits per heavy atom. The van der Waals surface area contributed by atoms with E-state index < -0.39 is 0 Å². The molecule has 3 nitrogen and oxygen atoms in total. The first-order valence-corrected chi connectivity index (χ1v) is 8.41. The van der Waals surface area contributed by atoms with E-state index in [0.29, 0.717) is 6.04 Å². The minimum atomic E-state index is 0.124. The number of thiazole rings is 1. The zero-order valence-electron chi connectivity index (χ0n) is 12.3. The van der Waals surface area contributed by atoms with Gasteiger partial charge in [-0.2, -0.15) is 0 Å². The van der Waals surface area contributed by atoms with Crippen LogP contribution < -0.4 is 5.32 Å². The topological polar surface area (TPSA) is 28.2 Å². The predicted molar refractivity (Wildman–Crippen MR) is 80.6 cm³/mol. The third kappa shape index (κ3) is 2.58. The summed E-state index contributed by atoms with van der Waals surface area (Å²) in [6, 6.07) is 1.28. The summed E-state index contributed by atoms with van der Waals surface area (Å²) in [6.07, 6.45) is 5.18. The Hall–Kier alpha value is -0.450. The van der Waals surface area contributed by atoms with Gasteiger partial charge in [-0.15, -0.1) is 11.3 Å². The van der Waals surface area contributed by atoms with Crippen molar-refractivity contribution in [3.63, 3.8) is 0 Å². The quantitative estimate of drug-likeness (QED) is 0.922. The van der Waals surface area contributed by atoms with Crippen LogP contribution in [0.15, 0.2) is 5.38 Å². The first-order chi connectivity index (χ1) is 9.09. The summed E-state index contributed by atoms with van der Waals surface area (Å²) in [5.41, 5.74) is 1.29. The third-order valence-electron chi connectivity index (χ3n) is 4.50. The Morgan fingerprint density at radius 1 is 1.47 bits per heavy atom. The number of fused-ring (bicyclic) bond motifs is 1. The maximum Gasteiger partial charge on any atom is 0.113 e. The molecule has 4 heteroatoms. The average molecular weight is 279 g/mol. The van der Waals surface area contributed by atoms with Gasteiger partial charge in [-0.25, -0.2) is 4.98 Å². The molecule has 1 aromatic heterocycles. The van der Waals surface area contributed by atoms with Crippen molar-refractivity contribution in [2.75, 3.05) is 13.1 Å². The summed E-state index contributed by atoms with van der Waals surface area (Å²) in [6.45, 7) is 9.14. The maximum absolute atomic E-state index is 4.81. The second-order valence-electron chi connectivity index (χ2n) is 6.46. The van der Waals surface area contributed by atoms with Crippen LogP contribution in [0.3, 0.4) is 0 Å². The molecule has 0 saturated carbocycles. The van der Waals surface area contributed by atoms with Gasteiger partial charge in [0.1, 0.15) is 5.01 Å². The van der Waals surface area contributed by atoms with Crippen molar-refractivity contribution in [2.45, 2.75) is 64.1 Å². The molecule has 2 aliphatic heterocycles. The molecular formula is C15H25N3S. The van der Waals surface area contributed by atoms with Crippen LogP contribution in [0.4, 0.5) is 0 Å². The monoisotopic (exact) mass is 279 g/mol. The summed E-state index contributed by atoms with van der Waals surface area (Å²) in [4.78, 5) is 7.49. The zero-order chi connectivity index (χ0) is 13.5. The summed E-state index contributed by atoms with van der Waals surface area (Å²) < 4.78 is 0. The van der Waals surface area contributed by atoms with Crippen LogP contribution in [0.2, 0.25) is 0 Å². The molecule has 2 aliphatic rings. The number of piperidine rings is 1. The van der Waals surface area contributed by atoms with Gasteiger partial charge in [0.2, 0.25) is 0 Å². The van der Waals surface area contributed by atoms with Crippen LogP contribution in [-0.2, 0) is 5.54 Å². The van der Waals surface area contributed by atoms with E-state index in [1.54, 1.807) is 0 Å². The molecule has 0 spiro atoms. The van der Waals surface area contributed by atoms with E-state index in [0.717, 1.165) is 6.04 Å². The molecule has 106 valence electrons. The smallest absolute Gasteiger partial charge is 0.113 e. The molecule has 0 aromatic carbocycles. The molecule has 0 amide bonds. The molecule has 0 aliphatic carbocycles. The fourth-order valence-corrected chi connectivity index (χ4v) is 4.77. The van der Waals surface area contributed by atoms with Gasteiger partial charge in [0, 0.05) is 29.7 Å². The van der Waals surface area contributed by atoms with Crippen molar-refractivity contribution in [3.8, 4) is 0 Å². The molecule has 2 saturated heterocycles. The zero-order valence-corrected chi connectivity index (χ0v) is 13.1. The number of hydrogen-bond acceptors (Lipinski definition) is 4. The molecule has 0 radical (unpaired) electrons. The average Bonchev–Trinajstić information content (AvgIpc) is 2.96. The highest BCUT2D eigenvalue weighted by atomic mass is 32.1. The lowest BCUT2D eigenvalue weighted by Crippen LogP contribution is -2.55. The fourth-order valence-electron chi connectivity index (χ4n) is 3.77. The van der Waals surface area contributed by atoms with Gasteiger partial charge in [0.25, 0.3) is 0 Å². The minimum absolute atomic E-state index is 0.124. The summed E-state index contributed by atoms with van der Waals surface area (Å²) in [7, 11) is 0. The molecule has 1 aromatic rings. The van der Waals surface area contributed by atoms with Crippen molar-refractivity contribution in [1.82, 2.24) is 15.2 Å². The molecule has 19 heavy (non-hydrogen) atoms. The van der Waals surface area contributed by atoms with E-state index in [-0.39, 0.29) is 5.54 Å². The van der Waals surface area contributed by atoms with Crippen LogP contribution in [-0.4, -0.2) is 35.1 Å². The van der Waals surface area contributed by atoms with E-state index in [2.05, 4.69) is 36.4 Å². The van der Waals surface area contributed by atoms with Crippen molar-refractivity contribution < 1.29 is 0 Å². The van der Waals surface area contributed by atoms with E-state index in [9.17, 15) is 0 Å². The standard InChI is InChI=1S/C15H25N3S/c1-11(2)17-15(14-16-12(3)10-19-14)6-8-18-7-4-5-13(18)9-15/h10-11,13,17H,4-9H2,1-3H3. The van der Waals surface area contributed by atoms with Crippen molar-refractivity contribution >= 4 is 11.3 Å². The Labute approximate surface area is 120 Å². The SMILES string of the molecule is Cc1csc(C2(NC(C)C)CCN3CCCC3C2)n1. The number of aryl methyl sites for hydroxylation is 1. The Kier molecular flexibility index (Phi) is 3.67. The van der Waals surface area contributed by atoms with Gasteiger partial charge in [0.05, 0.1) is 5.54 Å². The summed E-state index contributed by atoms with van der Waals surface area (Å²) >= 11 is 1.84. The number of nitrogens with zero attached hydrogens (tertiary/aromatic N) is 2. The van der Waals surface area contributed by atoms with E-state index in [4.69, 9.17) is 4.98 Å². The van der Waals surface area contributed by atoms with Crippen LogP contribution in [0, 0.1) is 6.92 Å². The Bertz CT molecular complexity index is 442. The molecule has 3 rings (SSSR count). The van der Waals surface area contributed by atoms with Crippen molar-refractivity contribution in [1.29, 1.82) is 0 Å². The normalized spacial score (nSPS) is 31.9. The van der Waals surface area contributed by atoms with Crippen LogP contribution in [0.1, 0.15) is 50.2 Å². The number of hydrogen-bond donors (Lipinski definition) is 1. The van der Waals surface area contributed by atoms with Gasteiger partial charge in [-0.3, -0.25) is 0 Å². The number of nitrogens with one attached hydrogen (secondary N) is 1. The lowest BCUT2D eigenvalue weighted by molar-refractivity contribution is 0.0986. The van der Waals surface area contributed by atoms with E-state index in [1.807, 2.05) is 11.3 Å². The Morgan fingerprint density at radius 2 is 2.32 bits per heavy atom. The second kappa shape index (κ2) is 5.15. The first kappa shape index (κ1) is 13.5. The van der Waals surface area contributed by atoms with Crippen molar-refractivity contribution in [3.05, 3.63) is 16.1 Å². The molecule has 0 bridgehead atoms. The molecule has 1 N–H and O–H groups in total. The van der Waals surface area contributed by atoms with Gasteiger partial charge in [-0.05, 0) is 53.0 Å². The largest absolute Gasteiger partial charge is 0.303 e. The van der Waals surface area contributed by atoms with Crippen LogP contribution >= 0.6 is 11.3 Å². The lowest BCUT2D eigenvalue weighted by Gasteiger charge is -2.44. The Balaban J connectivity index is 1.89. The summed E-state index contributed by atoms with van der Waals surface area (Å²) in [5.74, 6) is 0. The molecule has 2 unspecified atom stereocenters. The minimum Gasteiger partial charge on any atom is -0.303 e. The third-order valence-corrected chi connectivity index (χ3v) is 5.67. The van der Waals surface area contributed by atoms with E-state index in [1.165, 1.54) is 49.5 Å². The lowest BCUT2D eigenvalue weighted by atomic mass is 9.83. The van der Waals surface area contributed by atoms with Crippen LogP contribution in [0.5, 0.6) is 0 Å². The summed E-state index contributed by atoms with van der Waals surface area (Å²) in [5, 5.41) is 7.36. The maximum atomic E-state index is 4.81. The van der Waals surface area contributed by atoms with Gasteiger partial charge >= 0.3 is 0 Å². The highest BCUT2D eigenvalue weighted by Gasteiger charge is 2.44. The fraction of sp³-hybridized carbons (Fsp3) is 0.800. The molecular weight excluding hydrogens is 254 g/mol. The molecule has 2 fully saturated rings.